The van der Waals surface area contributed by atoms with Crippen LogP contribution in [-0.4, -0.2) is 65.2 Å². The smallest absolute Gasteiger partial charge is 0.408 e. The summed E-state index contributed by atoms with van der Waals surface area (Å²) < 4.78 is 10.0. The zero-order valence-electron chi connectivity index (χ0n) is 23.1. The van der Waals surface area contributed by atoms with E-state index in [9.17, 15) is 24.3 Å². The molecule has 4 atom stereocenters. The largest absolute Gasteiger partial charge is 0.508 e. The zero-order valence-corrected chi connectivity index (χ0v) is 23.1. The number of phenolic OH excluding ortho intramolecular Hbond substituents is 1. The Hall–Kier alpha value is -3.30. The number of amides is 3. The highest BCUT2D eigenvalue weighted by atomic mass is 16.6. The van der Waals surface area contributed by atoms with Gasteiger partial charge in [0.05, 0.1) is 7.11 Å². The second-order valence-electron chi connectivity index (χ2n) is 11.1. The van der Waals surface area contributed by atoms with E-state index >= 15 is 0 Å². The first-order chi connectivity index (χ1) is 17.1. The molecule has 0 radical (unpaired) electrons. The Balaban J connectivity index is 2.51. The lowest BCUT2D eigenvalue weighted by atomic mass is 9.97. The van der Waals surface area contributed by atoms with Gasteiger partial charge in [-0.15, -0.1) is 0 Å². The minimum Gasteiger partial charge on any atom is -0.508 e. The second kappa shape index (κ2) is 12.3. The van der Waals surface area contributed by atoms with Crippen molar-refractivity contribution in [3.05, 3.63) is 29.3 Å². The summed E-state index contributed by atoms with van der Waals surface area (Å²) in [5.41, 5.74) is 0.260. The Morgan fingerprint density at radius 3 is 2.30 bits per heavy atom. The SMILES string of the molecule is COC(=O)CNC(=O)C(c1ccc(O)c(C)c1)N(C(=O)C(CC(C)C)NC(=O)OC(C)(C)C)C1CC1C. The summed E-state index contributed by atoms with van der Waals surface area (Å²) in [5.74, 6) is -1.36. The van der Waals surface area contributed by atoms with Gasteiger partial charge >= 0.3 is 12.1 Å². The number of phenols is 1. The molecule has 0 aliphatic heterocycles. The number of benzene rings is 1. The molecule has 37 heavy (non-hydrogen) atoms. The number of hydrogen-bond donors (Lipinski definition) is 3. The van der Waals surface area contributed by atoms with E-state index in [0.29, 0.717) is 24.0 Å². The molecule has 2 rings (SSSR count). The molecule has 1 fully saturated rings. The Bertz CT molecular complexity index is 1000. The van der Waals surface area contributed by atoms with Gasteiger partial charge in [0, 0.05) is 6.04 Å². The molecule has 0 spiro atoms. The molecule has 1 aliphatic rings. The molecule has 4 unspecified atom stereocenters. The predicted octanol–water partition coefficient (Wildman–Crippen LogP) is 3.21. The highest BCUT2D eigenvalue weighted by Crippen LogP contribution is 2.41. The van der Waals surface area contributed by atoms with Crippen LogP contribution in [-0.2, 0) is 23.9 Å². The number of ether oxygens (including phenoxy) is 2. The van der Waals surface area contributed by atoms with E-state index in [0.717, 1.165) is 0 Å². The normalized spacial score (nSPS) is 18.4. The summed E-state index contributed by atoms with van der Waals surface area (Å²) in [6, 6.07) is 2.42. The number of nitrogens with zero attached hydrogens (tertiary/aromatic N) is 1. The molecule has 1 saturated carbocycles. The maximum Gasteiger partial charge on any atom is 0.408 e. The van der Waals surface area contributed by atoms with Crippen molar-refractivity contribution in [2.24, 2.45) is 11.8 Å². The Labute approximate surface area is 219 Å². The quantitative estimate of drug-likeness (QED) is 0.404. The van der Waals surface area contributed by atoms with Crippen LogP contribution in [0.5, 0.6) is 5.75 Å². The Morgan fingerprint density at radius 1 is 1.19 bits per heavy atom. The average molecular weight is 520 g/mol. The minimum absolute atomic E-state index is 0.0550. The lowest BCUT2D eigenvalue weighted by molar-refractivity contribution is -0.145. The van der Waals surface area contributed by atoms with Gasteiger partial charge in [0.25, 0.3) is 0 Å². The fourth-order valence-corrected chi connectivity index (χ4v) is 4.11. The lowest BCUT2D eigenvalue weighted by Crippen LogP contribution is -2.54. The fourth-order valence-electron chi connectivity index (χ4n) is 4.11. The molecule has 3 amide bonds. The summed E-state index contributed by atoms with van der Waals surface area (Å²) in [7, 11) is 1.22. The second-order valence-corrected chi connectivity index (χ2v) is 11.1. The van der Waals surface area contributed by atoms with Crippen molar-refractivity contribution < 1.29 is 33.8 Å². The monoisotopic (exact) mass is 519 g/mol. The summed E-state index contributed by atoms with van der Waals surface area (Å²) in [5, 5.41) is 15.3. The molecule has 206 valence electrons. The Kier molecular flexibility index (Phi) is 9.94. The van der Waals surface area contributed by atoms with Gasteiger partial charge in [-0.05, 0) is 75.6 Å². The van der Waals surface area contributed by atoms with Crippen molar-refractivity contribution in [3.8, 4) is 5.75 Å². The van der Waals surface area contributed by atoms with Crippen LogP contribution in [0.25, 0.3) is 0 Å². The van der Waals surface area contributed by atoms with Crippen LogP contribution < -0.4 is 10.6 Å². The molecule has 0 heterocycles. The molecule has 10 nitrogen and oxygen atoms in total. The van der Waals surface area contributed by atoms with Crippen molar-refractivity contribution in [1.82, 2.24) is 15.5 Å². The molecule has 1 aliphatic carbocycles. The molecule has 0 aromatic heterocycles. The summed E-state index contributed by atoms with van der Waals surface area (Å²) >= 11 is 0. The van der Waals surface area contributed by atoms with Gasteiger partial charge in [-0.1, -0.05) is 26.8 Å². The lowest BCUT2D eigenvalue weighted by Gasteiger charge is -2.35. The molecular formula is C27H41N3O7. The molecule has 0 bridgehead atoms. The van der Waals surface area contributed by atoms with E-state index in [4.69, 9.17) is 4.74 Å². The van der Waals surface area contributed by atoms with Crippen LogP contribution >= 0.6 is 0 Å². The zero-order chi connectivity index (χ0) is 28.1. The number of esters is 1. The fraction of sp³-hybridized carbons (Fsp3) is 0.630. The number of alkyl carbamates (subject to hydrolysis) is 1. The number of carbonyl (C=O) groups excluding carboxylic acids is 4. The predicted molar refractivity (Wildman–Crippen MR) is 138 cm³/mol. The topological polar surface area (TPSA) is 134 Å². The molecule has 1 aromatic rings. The summed E-state index contributed by atoms with van der Waals surface area (Å²) in [6.07, 6.45) is 0.299. The number of nitrogens with one attached hydrogen (secondary N) is 2. The van der Waals surface area contributed by atoms with E-state index in [1.165, 1.54) is 18.1 Å². The van der Waals surface area contributed by atoms with E-state index in [1.807, 2.05) is 20.8 Å². The number of rotatable bonds is 10. The number of aryl methyl sites for hydroxylation is 1. The van der Waals surface area contributed by atoms with E-state index < -0.39 is 41.6 Å². The van der Waals surface area contributed by atoms with E-state index in [2.05, 4.69) is 15.4 Å². The van der Waals surface area contributed by atoms with Crippen LogP contribution in [0.2, 0.25) is 0 Å². The van der Waals surface area contributed by atoms with E-state index in [1.54, 1.807) is 39.8 Å². The highest BCUT2D eigenvalue weighted by Gasteiger charge is 2.48. The number of hydrogen-bond acceptors (Lipinski definition) is 7. The Morgan fingerprint density at radius 2 is 1.81 bits per heavy atom. The van der Waals surface area contributed by atoms with Gasteiger partial charge < -0.3 is 30.1 Å². The summed E-state index contributed by atoms with van der Waals surface area (Å²) in [4.78, 5) is 53.5. The molecule has 1 aromatic carbocycles. The third-order valence-corrected chi connectivity index (χ3v) is 6.07. The number of methoxy groups -OCH3 is 1. The first-order valence-corrected chi connectivity index (χ1v) is 12.6. The minimum atomic E-state index is -1.10. The third kappa shape index (κ3) is 8.65. The van der Waals surface area contributed by atoms with Gasteiger partial charge in [0.2, 0.25) is 11.8 Å². The van der Waals surface area contributed by atoms with Gasteiger partial charge in [-0.25, -0.2) is 4.79 Å². The third-order valence-electron chi connectivity index (χ3n) is 6.07. The van der Waals surface area contributed by atoms with Crippen molar-refractivity contribution in [2.75, 3.05) is 13.7 Å². The summed E-state index contributed by atoms with van der Waals surface area (Å²) in [6.45, 7) is 12.4. The van der Waals surface area contributed by atoms with Crippen LogP contribution in [0.15, 0.2) is 18.2 Å². The number of aromatic hydroxyl groups is 1. The van der Waals surface area contributed by atoms with Crippen LogP contribution in [0, 0.1) is 18.8 Å². The maximum atomic E-state index is 14.1. The van der Waals surface area contributed by atoms with Crippen LogP contribution in [0.1, 0.15) is 71.6 Å². The molecular weight excluding hydrogens is 478 g/mol. The average Bonchev–Trinajstić information content (AvgIpc) is 3.50. The first kappa shape index (κ1) is 29.9. The van der Waals surface area contributed by atoms with Gasteiger partial charge in [0.15, 0.2) is 0 Å². The van der Waals surface area contributed by atoms with Crippen molar-refractivity contribution in [2.45, 2.75) is 85.0 Å². The maximum absolute atomic E-state index is 14.1. The van der Waals surface area contributed by atoms with E-state index in [-0.39, 0.29) is 30.2 Å². The van der Waals surface area contributed by atoms with Gasteiger partial charge in [0.1, 0.15) is 30.0 Å². The molecule has 3 N–H and O–H groups in total. The number of carbonyl (C=O) groups is 4. The highest BCUT2D eigenvalue weighted by molar-refractivity contribution is 5.93. The van der Waals surface area contributed by atoms with Gasteiger partial charge in [-0.2, -0.15) is 0 Å². The van der Waals surface area contributed by atoms with Crippen molar-refractivity contribution >= 4 is 23.9 Å². The van der Waals surface area contributed by atoms with Crippen molar-refractivity contribution in [1.29, 1.82) is 0 Å². The standard InChI is InChI=1S/C27H41N3O7/c1-15(2)11-19(29-26(35)37-27(5,6)7)25(34)30(20-13-16(20)3)23(24(33)28-14-22(32)36-8)18-9-10-21(31)17(4)12-18/h9-10,12,15-16,19-20,23,31H,11,13-14H2,1-8H3,(H,28,33)(H,29,35). The molecule has 0 saturated heterocycles. The molecule has 10 heteroatoms. The first-order valence-electron chi connectivity index (χ1n) is 12.6. The van der Waals surface area contributed by atoms with Crippen LogP contribution in [0.3, 0.4) is 0 Å². The van der Waals surface area contributed by atoms with Crippen LogP contribution in [0.4, 0.5) is 4.79 Å². The van der Waals surface area contributed by atoms with Crippen molar-refractivity contribution in [3.63, 3.8) is 0 Å². The van der Waals surface area contributed by atoms with Gasteiger partial charge in [-0.3, -0.25) is 14.4 Å².